The van der Waals surface area contributed by atoms with Gasteiger partial charge in [-0.3, -0.25) is 9.69 Å². The molecule has 2 saturated heterocycles. The number of anilines is 1. The van der Waals surface area contributed by atoms with Crippen molar-refractivity contribution >= 4 is 44.2 Å². The molecule has 176 valence electrons. The van der Waals surface area contributed by atoms with Gasteiger partial charge in [0.1, 0.15) is 0 Å². The van der Waals surface area contributed by atoms with Crippen LogP contribution in [0.25, 0.3) is 10.2 Å². The van der Waals surface area contributed by atoms with Gasteiger partial charge in [0.05, 0.1) is 21.9 Å². The Balaban J connectivity index is 1.14. The summed E-state index contributed by atoms with van der Waals surface area (Å²) in [5, 5.41) is 4.40. The number of nitrogens with zero attached hydrogens (tertiary/aromatic N) is 4. The third-order valence-corrected chi connectivity index (χ3v) is 7.68. The predicted octanol–water partition coefficient (Wildman–Crippen LogP) is 5.56. The van der Waals surface area contributed by atoms with Crippen LogP contribution >= 0.6 is 11.3 Å². The first-order chi connectivity index (χ1) is 17.2. The standard InChI is InChI=1S/C28H27N5OS/c34-26(21-7-2-1-3-8-21)33-19-23-9-6-18-32(23)28(33)30-22-14-12-20(13-15-22)16-17-29-27-31-24-10-4-5-11-25(24)35-27/h1-5,7-8,10-15,23H,6,9,16-19H2,(H,29,31)/b30-28+. The van der Waals surface area contributed by atoms with E-state index >= 15 is 0 Å². The number of hydrogen-bond acceptors (Lipinski definition) is 5. The molecule has 0 aliphatic carbocycles. The number of rotatable bonds is 6. The molecule has 2 aliphatic heterocycles. The number of amides is 1. The molecule has 1 unspecified atom stereocenters. The molecule has 0 saturated carbocycles. The lowest BCUT2D eigenvalue weighted by Gasteiger charge is -2.21. The van der Waals surface area contributed by atoms with Crippen LogP contribution in [0.1, 0.15) is 28.8 Å². The quantitative estimate of drug-likeness (QED) is 0.392. The second-order valence-corrected chi connectivity index (χ2v) is 10.0. The van der Waals surface area contributed by atoms with E-state index < -0.39 is 0 Å². The van der Waals surface area contributed by atoms with Crippen molar-refractivity contribution in [2.24, 2.45) is 4.99 Å². The fourth-order valence-electron chi connectivity index (χ4n) is 4.89. The highest BCUT2D eigenvalue weighted by Gasteiger charge is 2.41. The molecule has 1 N–H and O–H groups in total. The van der Waals surface area contributed by atoms with Crippen molar-refractivity contribution in [2.45, 2.75) is 25.3 Å². The van der Waals surface area contributed by atoms with Gasteiger partial charge in [-0.05, 0) is 61.2 Å². The average Bonchev–Trinajstić information content (AvgIpc) is 3.61. The van der Waals surface area contributed by atoms with E-state index in [9.17, 15) is 4.79 Å². The molecule has 1 aromatic heterocycles. The maximum absolute atomic E-state index is 13.2. The summed E-state index contributed by atoms with van der Waals surface area (Å²) in [4.78, 5) is 27.0. The summed E-state index contributed by atoms with van der Waals surface area (Å²) < 4.78 is 1.20. The van der Waals surface area contributed by atoms with Crippen molar-refractivity contribution in [1.82, 2.24) is 14.8 Å². The molecule has 1 amide bonds. The Bertz CT molecular complexity index is 1330. The van der Waals surface area contributed by atoms with Crippen LogP contribution in [0.4, 0.5) is 10.8 Å². The largest absolute Gasteiger partial charge is 0.361 e. The van der Waals surface area contributed by atoms with Gasteiger partial charge in [0, 0.05) is 25.2 Å². The minimum absolute atomic E-state index is 0.0243. The molecule has 0 spiro atoms. The number of guanidine groups is 1. The van der Waals surface area contributed by atoms with Crippen LogP contribution in [0, 0.1) is 0 Å². The summed E-state index contributed by atoms with van der Waals surface area (Å²) >= 11 is 1.68. The van der Waals surface area contributed by atoms with Gasteiger partial charge < -0.3 is 10.2 Å². The molecule has 7 heteroatoms. The van der Waals surface area contributed by atoms with Crippen molar-refractivity contribution in [1.29, 1.82) is 0 Å². The second-order valence-electron chi connectivity index (χ2n) is 9.01. The molecule has 0 bridgehead atoms. The Morgan fingerprint density at radius 1 is 1.03 bits per heavy atom. The van der Waals surface area contributed by atoms with Crippen molar-refractivity contribution < 1.29 is 4.79 Å². The zero-order valence-electron chi connectivity index (χ0n) is 19.4. The molecule has 2 aliphatic rings. The van der Waals surface area contributed by atoms with E-state index in [1.807, 2.05) is 53.4 Å². The summed E-state index contributed by atoms with van der Waals surface area (Å²) in [7, 11) is 0. The van der Waals surface area contributed by atoms with Crippen LogP contribution in [-0.4, -0.2) is 52.3 Å². The number of nitrogens with one attached hydrogen (secondary N) is 1. The summed E-state index contributed by atoms with van der Waals surface area (Å²) in [6, 6.07) is 26.4. The molecule has 6 nitrogen and oxygen atoms in total. The van der Waals surface area contributed by atoms with Crippen LogP contribution in [0.15, 0.2) is 83.9 Å². The maximum Gasteiger partial charge on any atom is 0.260 e. The van der Waals surface area contributed by atoms with Gasteiger partial charge in [0.15, 0.2) is 5.13 Å². The third-order valence-electron chi connectivity index (χ3n) is 6.68. The highest BCUT2D eigenvalue weighted by molar-refractivity contribution is 7.22. The first-order valence-corrected chi connectivity index (χ1v) is 13.0. The Labute approximate surface area is 208 Å². The van der Waals surface area contributed by atoms with Gasteiger partial charge in [0.2, 0.25) is 5.96 Å². The highest BCUT2D eigenvalue weighted by Crippen LogP contribution is 2.30. The smallest absolute Gasteiger partial charge is 0.260 e. The fourth-order valence-corrected chi connectivity index (χ4v) is 5.78. The van der Waals surface area contributed by atoms with Crippen LogP contribution < -0.4 is 5.32 Å². The average molecular weight is 482 g/mol. The summed E-state index contributed by atoms with van der Waals surface area (Å²) in [5.41, 5.74) is 3.86. The monoisotopic (exact) mass is 481 g/mol. The van der Waals surface area contributed by atoms with Crippen molar-refractivity contribution in [2.75, 3.05) is 25.0 Å². The van der Waals surface area contributed by atoms with Crippen LogP contribution in [0.5, 0.6) is 0 Å². The van der Waals surface area contributed by atoms with Gasteiger partial charge in [-0.1, -0.05) is 53.8 Å². The third kappa shape index (κ3) is 4.51. The minimum Gasteiger partial charge on any atom is -0.361 e. The molecular formula is C28H27N5OS. The number of carbonyl (C=O) groups excluding carboxylic acids is 1. The number of aliphatic imine (C=N–C) groups is 1. The molecule has 35 heavy (non-hydrogen) atoms. The van der Waals surface area contributed by atoms with E-state index in [1.54, 1.807) is 11.3 Å². The van der Waals surface area contributed by atoms with E-state index in [-0.39, 0.29) is 5.91 Å². The first kappa shape index (κ1) is 21.8. The number of para-hydroxylation sites is 1. The molecule has 2 fully saturated rings. The zero-order valence-corrected chi connectivity index (χ0v) is 20.2. The van der Waals surface area contributed by atoms with Gasteiger partial charge >= 0.3 is 0 Å². The van der Waals surface area contributed by atoms with E-state index in [0.29, 0.717) is 18.2 Å². The molecule has 3 heterocycles. The summed E-state index contributed by atoms with van der Waals surface area (Å²) in [6.45, 7) is 2.49. The van der Waals surface area contributed by atoms with E-state index in [1.165, 1.54) is 10.3 Å². The fraction of sp³-hybridized carbons (Fsp3) is 0.250. The number of benzene rings is 3. The van der Waals surface area contributed by atoms with Crippen molar-refractivity contribution in [3.05, 3.63) is 90.0 Å². The van der Waals surface area contributed by atoms with Crippen molar-refractivity contribution in [3.63, 3.8) is 0 Å². The molecule has 0 radical (unpaired) electrons. The number of thiazole rings is 1. The lowest BCUT2D eigenvalue weighted by atomic mass is 10.1. The van der Waals surface area contributed by atoms with Crippen LogP contribution in [0.3, 0.4) is 0 Å². The number of hydrogen-bond donors (Lipinski definition) is 1. The van der Waals surface area contributed by atoms with Crippen LogP contribution in [-0.2, 0) is 6.42 Å². The molecule has 1 atom stereocenters. The highest BCUT2D eigenvalue weighted by atomic mass is 32.1. The molecule has 4 aromatic rings. The predicted molar refractivity (Wildman–Crippen MR) is 143 cm³/mol. The summed E-state index contributed by atoms with van der Waals surface area (Å²) in [6.07, 6.45) is 3.16. The lowest BCUT2D eigenvalue weighted by Crippen LogP contribution is -2.37. The topological polar surface area (TPSA) is 60.8 Å². The normalized spacial score (nSPS) is 18.4. The minimum atomic E-state index is 0.0243. The maximum atomic E-state index is 13.2. The molecule has 3 aromatic carbocycles. The van der Waals surface area contributed by atoms with Gasteiger partial charge in [-0.15, -0.1) is 0 Å². The lowest BCUT2D eigenvalue weighted by molar-refractivity contribution is 0.0854. The zero-order chi connectivity index (χ0) is 23.6. The Morgan fingerprint density at radius 2 is 1.83 bits per heavy atom. The van der Waals surface area contributed by atoms with Gasteiger partial charge in [0.25, 0.3) is 5.91 Å². The van der Waals surface area contributed by atoms with Crippen molar-refractivity contribution in [3.8, 4) is 0 Å². The van der Waals surface area contributed by atoms with E-state index in [4.69, 9.17) is 4.99 Å². The van der Waals surface area contributed by atoms with Gasteiger partial charge in [-0.2, -0.15) is 0 Å². The summed E-state index contributed by atoms with van der Waals surface area (Å²) in [5.74, 6) is 0.808. The number of carbonyl (C=O) groups is 1. The Hall–Kier alpha value is -3.71. The van der Waals surface area contributed by atoms with E-state index in [0.717, 1.165) is 54.6 Å². The van der Waals surface area contributed by atoms with Crippen LogP contribution in [0.2, 0.25) is 0 Å². The number of aromatic nitrogens is 1. The Kier molecular flexibility index (Phi) is 5.92. The Morgan fingerprint density at radius 3 is 2.66 bits per heavy atom. The van der Waals surface area contributed by atoms with Gasteiger partial charge in [-0.25, -0.2) is 9.98 Å². The first-order valence-electron chi connectivity index (χ1n) is 12.2. The SMILES string of the molecule is O=C(c1ccccc1)N1CC2CCCN2/C1=N\c1ccc(CCNc2nc3ccccc3s2)cc1. The van der Waals surface area contributed by atoms with E-state index in [2.05, 4.69) is 45.5 Å². The molecular weight excluding hydrogens is 454 g/mol. The second kappa shape index (κ2) is 9.50. The number of fused-ring (bicyclic) bond motifs is 2. The molecule has 6 rings (SSSR count).